The van der Waals surface area contributed by atoms with E-state index in [1.165, 1.54) is 68.8 Å². The number of nitrogens with one attached hydrogen (secondary N) is 4. The van der Waals surface area contributed by atoms with Crippen LogP contribution in [-0.2, 0) is 43.2 Å². The van der Waals surface area contributed by atoms with E-state index in [9.17, 15) is 43.5 Å². The zero-order valence-corrected chi connectivity index (χ0v) is 54.8. The first-order valence-corrected chi connectivity index (χ1v) is 29.8. The Balaban J connectivity index is 4.31. The molecule has 22 nitrogen and oxygen atoms in total. The summed E-state index contributed by atoms with van der Waals surface area (Å²) < 4.78 is 0. The molecule has 0 radical (unpaired) electrons. The third kappa shape index (κ3) is 21.2. The number of carbonyl (C=O) groups is 10. The van der Waals surface area contributed by atoms with Crippen LogP contribution in [0.2, 0.25) is 0 Å². The lowest BCUT2D eigenvalue weighted by Gasteiger charge is -2.41. The largest absolute Gasteiger partial charge is 0.390 e. The minimum Gasteiger partial charge on any atom is -0.390 e. The van der Waals surface area contributed by atoms with E-state index in [0.29, 0.717) is 12.8 Å². The molecule has 1 aliphatic rings. The molecule has 5 N–H and O–H groups in total. The number of urea groups is 1. The molecule has 22 heteroatoms. The lowest BCUT2D eigenvalue weighted by molar-refractivity contribution is -0.156. The first-order valence-electron chi connectivity index (χ1n) is 29.8. The Morgan fingerprint density at radius 2 is 0.988 bits per heavy atom. The maximum atomic E-state index is 15.1. The fourth-order valence-corrected chi connectivity index (χ4v) is 10.4. The Morgan fingerprint density at radius 3 is 1.46 bits per heavy atom. The van der Waals surface area contributed by atoms with Gasteiger partial charge in [-0.25, -0.2) is 4.79 Å². The van der Waals surface area contributed by atoms with Crippen molar-refractivity contribution in [3.63, 3.8) is 0 Å². The quantitative estimate of drug-likeness (QED) is 0.143. The Hall–Kier alpha value is -6.06. The van der Waals surface area contributed by atoms with E-state index in [1.807, 2.05) is 61.5 Å². The van der Waals surface area contributed by atoms with Gasteiger partial charge in [0.25, 0.3) is 0 Å². The molecule has 0 aromatic rings. The molecule has 0 saturated carbocycles. The predicted molar refractivity (Wildman–Crippen MR) is 324 cm³/mol. The second-order valence-electron chi connectivity index (χ2n) is 25.5. The Labute approximate surface area is 497 Å². The normalized spacial score (nSPS) is 26.2. The molecule has 1 heterocycles. The van der Waals surface area contributed by atoms with Gasteiger partial charge in [0, 0.05) is 55.0 Å². The Kier molecular flexibility index (Phi) is 30.7. The predicted octanol–water partition coefficient (Wildman–Crippen LogP) is 4.46. The summed E-state index contributed by atoms with van der Waals surface area (Å²) in [5, 5.41) is 23.2. The molecule has 1 rings (SSSR count). The first kappa shape index (κ1) is 75.0. The van der Waals surface area contributed by atoms with Gasteiger partial charge in [0.15, 0.2) is 0 Å². The number of hydrogen-bond donors (Lipinski definition) is 5. The van der Waals surface area contributed by atoms with Gasteiger partial charge in [-0.05, 0) is 93.8 Å². The van der Waals surface area contributed by atoms with Gasteiger partial charge in [-0.15, -0.1) is 0 Å². The van der Waals surface area contributed by atoms with Crippen LogP contribution >= 0.6 is 0 Å². The molecule has 0 aliphatic carbocycles. The SMILES string of the molecule is C=C1NC(C)C(=O)NC(=O)N(C)C(CC(C)C)C(=O)N(C)C(CC(C)C)C(=O)N(C)C(C(C)C)C(=O)N(C)C([C@H](O)C(C)C/C=C/C)C(=O)NC(CC)C(=O)N(C)CC(=O)N(C)C(CC(C)C)C(=O)NC(C(C)C)C(=O)N(C)C1CC(C)C. The summed E-state index contributed by atoms with van der Waals surface area (Å²) >= 11 is 0. The molecule has 1 saturated heterocycles. The highest BCUT2D eigenvalue weighted by Crippen LogP contribution is 2.26. The van der Waals surface area contributed by atoms with Gasteiger partial charge in [0.1, 0.15) is 48.3 Å². The lowest BCUT2D eigenvalue weighted by Crippen LogP contribution is -2.63. The van der Waals surface area contributed by atoms with Crippen LogP contribution in [0.25, 0.3) is 0 Å². The standard InChI is InChI=1S/C61H109N11O11/c1-25-27-28-40(15)52(74)51-55(77)63-43(26-2)56(78)66(18)33-48(73)67(19)45(30-35(5)6)54(76)64-49(38(11)12)59(81)68(20)44(29-34(3)4)41(16)62-42(17)53(75)65-61(83)70(22)47(32-37(9)10)57(79)69(21)46(31-36(7)8)58(80)71(23)50(39(13)14)60(82)72(51)24/h25,27,34-40,42-47,49-52,62,74H,16,26,28-33H2,1-15,17-24H3,(H,63,77)(H,64,76)(H,65,75,83)/b27-25+/t40?,42?,43?,44?,45?,46?,47?,49?,50?,51?,52-/m1/s1. The van der Waals surface area contributed by atoms with Crippen LogP contribution in [0, 0.1) is 41.4 Å². The van der Waals surface area contributed by atoms with E-state index in [1.54, 1.807) is 61.6 Å². The van der Waals surface area contributed by atoms with E-state index in [4.69, 9.17) is 0 Å². The minimum atomic E-state index is -1.60. The summed E-state index contributed by atoms with van der Waals surface area (Å²) in [4.78, 5) is 154. The fourth-order valence-electron chi connectivity index (χ4n) is 10.4. The van der Waals surface area contributed by atoms with Crippen molar-refractivity contribution >= 4 is 59.2 Å². The summed E-state index contributed by atoms with van der Waals surface area (Å²) in [6.45, 7) is 32.6. The highest BCUT2D eigenvalue weighted by atomic mass is 16.3. The summed E-state index contributed by atoms with van der Waals surface area (Å²) in [7, 11) is 10.1. The van der Waals surface area contributed by atoms with Gasteiger partial charge in [-0.3, -0.25) is 48.5 Å². The van der Waals surface area contributed by atoms with Gasteiger partial charge >= 0.3 is 6.03 Å². The Bertz CT molecular complexity index is 2270. The minimum absolute atomic E-state index is 0.0121. The third-order valence-corrected chi connectivity index (χ3v) is 15.7. The number of carbonyl (C=O) groups excluding carboxylic acids is 10. The van der Waals surface area contributed by atoms with E-state index >= 15 is 9.59 Å². The maximum absolute atomic E-state index is 15.1. The summed E-state index contributed by atoms with van der Waals surface area (Å²) in [6, 6.07) is -11.3. The summed E-state index contributed by atoms with van der Waals surface area (Å²) in [6.07, 6.45) is 3.33. The lowest BCUT2D eigenvalue weighted by atomic mass is 9.91. The number of likely N-dealkylation sites (N-methyl/N-ethyl adjacent to an activating group) is 7. The van der Waals surface area contributed by atoms with Crippen LogP contribution in [0.1, 0.15) is 149 Å². The van der Waals surface area contributed by atoms with Gasteiger partial charge in [-0.2, -0.15) is 0 Å². The van der Waals surface area contributed by atoms with Crippen LogP contribution in [0.3, 0.4) is 0 Å². The average Bonchev–Trinajstić information content (AvgIpc) is 3.58. The topological polar surface area (TPSA) is 262 Å². The van der Waals surface area contributed by atoms with Crippen molar-refractivity contribution in [3.05, 3.63) is 24.4 Å². The van der Waals surface area contributed by atoms with Crippen molar-refractivity contribution < 1.29 is 53.1 Å². The smallest absolute Gasteiger partial charge is 0.324 e. The van der Waals surface area contributed by atoms with Crippen molar-refractivity contribution in [2.24, 2.45) is 41.4 Å². The van der Waals surface area contributed by atoms with Gasteiger partial charge in [0.2, 0.25) is 53.2 Å². The number of nitrogens with zero attached hydrogens (tertiary/aromatic N) is 7. The molecule has 11 amide bonds. The van der Waals surface area contributed by atoms with E-state index < -0.39 is 144 Å². The second-order valence-corrected chi connectivity index (χ2v) is 25.5. The van der Waals surface area contributed by atoms with Crippen LogP contribution in [-0.4, -0.2) is 215 Å². The molecule has 10 unspecified atom stereocenters. The zero-order valence-electron chi connectivity index (χ0n) is 54.8. The summed E-state index contributed by atoms with van der Waals surface area (Å²) in [5.74, 6) is -7.91. The molecule has 1 aliphatic heterocycles. The number of aliphatic hydroxyl groups excluding tert-OH is 1. The summed E-state index contributed by atoms with van der Waals surface area (Å²) in [5.41, 5.74) is 0.282. The number of aliphatic hydroxyl groups is 1. The number of imide groups is 1. The first-order chi connectivity index (χ1) is 38.3. The van der Waals surface area contributed by atoms with Crippen LogP contribution in [0.5, 0.6) is 0 Å². The Morgan fingerprint density at radius 1 is 0.530 bits per heavy atom. The van der Waals surface area contributed by atoms with Crippen LogP contribution < -0.4 is 21.3 Å². The van der Waals surface area contributed by atoms with Crippen LogP contribution in [0.4, 0.5) is 4.79 Å². The molecular weight excluding hydrogens is 1060 g/mol. The maximum Gasteiger partial charge on any atom is 0.324 e. The van der Waals surface area contributed by atoms with Gasteiger partial charge in [0.05, 0.1) is 18.7 Å². The molecular formula is C61H109N11O11. The zero-order chi connectivity index (χ0) is 64.4. The van der Waals surface area contributed by atoms with Crippen molar-refractivity contribution in [3.8, 4) is 0 Å². The van der Waals surface area contributed by atoms with E-state index in [0.717, 1.165) is 14.7 Å². The van der Waals surface area contributed by atoms with Crippen LogP contribution in [0.15, 0.2) is 24.4 Å². The van der Waals surface area contributed by atoms with Crippen molar-refractivity contribution in [1.82, 2.24) is 55.6 Å². The molecule has 0 aromatic heterocycles. The average molecular weight is 1170 g/mol. The van der Waals surface area contributed by atoms with Crippen molar-refractivity contribution in [2.45, 2.75) is 210 Å². The molecule has 11 atom stereocenters. The number of amides is 11. The molecule has 83 heavy (non-hydrogen) atoms. The van der Waals surface area contributed by atoms with Crippen molar-refractivity contribution in [1.29, 1.82) is 0 Å². The van der Waals surface area contributed by atoms with Gasteiger partial charge in [-0.1, -0.05) is 116 Å². The molecule has 1 fully saturated rings. The number of rotatable bonds is 15. The number of hydrogen-bond acceptors (Lipinski definition) is 12. The highest BCUT2D eigenvalue weighted by molar-refractivity contribution is 6.00. The molecule has 0 spiro atoms. The monoisotopic (exact) mass is 1170 g/mol. The molecule has 474 valence electrons. The van der Waals surface area contributed by atoms with E-state index in [-0.39, 0.29) is 55.1 Å². The van der Waals surface area contributed by atoms with Gasteiger partial charge < -0.3 is 55.4 Å². The number of allylic oxidation sites excluding steroid dienone is 2. The molecule has 0 aromatic carbocycles. The molecule has 0 bridgehead atoms. The fraction of sp³-hybridized carbons (Fsp3) is 0.770. The van der Waals surface area contributed by atoms with E-state index in [2.05, 4.69) is 27.8 Å². The highest BCUT2D eigenvalue weighted by Gasteiger charge is 2.45. The third-order valence-electron chi connectivity index (χ3n) is 15.7. The van der Waals surface area contributed by atoms with Crippen molar-refractivity contribution in [2.75, 3.05) is 55.9 Å². The second kappa shape index (κ2) is 34.0.